The lowest BCUT2D eigenvalue weighted by atomic mass is 10.1. The molecule has 0 aliphatic rings. The van der Waals surface area contributed by atoms with Gasteiger partial charge in [-0.1, -0.05) is 24.3 Å². The molecular weight excluding hydrogens is 316 g/mol. The van der Waals surface area contributed by atoms with Crippen LogP contribution in [0, 0.1) is 0 Å². The molecular formula is C16H17BrN2O. The smallest absolute Gasteiger partial charge is 0.257 e. The lowest BCUT2D eigenvalue weighted by molar-refractivity contribution is 0.102. The van der Waals surface area contributed by atoms with E-state index in [1.54, 1.807) is 0 Å². The molecule has 0 aliphatic heterocycles. The number of amides is 1. The molecule has 2 N–H and O–H groups in total. The minimum Gasteiger partial charge on any atom is -0.382 e. The third-order valence-electron chi connectivity index (χ3n) is 2.74. The highest BCUT2D eigenvalue weighted by atomic mass is 79.9. The van der Waals surface area contributed by atoms with E-state index in [0.29, 0.717) is 5.56 Å². The van der Waals surface area contributed by atoms with Gasteiger partial charge in [-0.05, 0) is 54.0 Å². The van der Waals surface area contributed by atoms with Crippen molar-refractivity contribution < 1.29 is 4.79 Å². The molecule has 0 heterocycles. The lowest BCUT2D eigenvalue weighted by Crippen LogP contribution is -2.17. The topological polar surface area (TPSA) is 41.1 Å². The van der Waals surface area contributed by atoms with E-state index in [0.717, 1.165) is 15.8 Å². The summed E-state index contributed by atoms with van der Waals surface area (Å²) in [6, 6.07) is 15.3. The van der Waals surface area contributed by atoms with Crippen LogP contribution in [0.2, 0.25) is 0 Å². The highest BCUT2D eigenvalue weighted by molar-refractivity contribution is 9.10. The van der Waals surface area contributed by atoms with E-state index in [1.807, 2.05) is 62.4 Å². The first-order valence-electron chi connectivity index (χ1n) is 6.49. The lowest BCUT2D eigenvalue weighted by Gasteiger charge is -2.15. The van der Waals surface area contributed by atoms with Crippen molar-refractivity contribution in [2.75, 3.05) is 10.6 Å². The van der Waals surface area contributed by atoms with Gasteiger partial charge in [0.15, 0.2) is 0 Å². The molecule has 0 fully saturated rings. The number of halogens is 1. The zero-order valence-corrected chi connectivity index (χ0v) is 13.1. The molecule has 0 aromatic heterocycles. The van der Waals surface area contributed by atoms with E-state index < -0.39 is 0 Å². The standard InChI is InChI=1S/C16H17BrN2O/c1-11(2)18-14-9-5-3-7-12(14)16(20)19-15-10-6-4-8-13(15)17/h3-11,18H,1-2H3,(H,19,20). The van der Waals surface area contributed by atoms with Crippen molar-refractivity contribution >= 4 is 33.2 Å². The van der Waals surface area contributed by atoms with Gasteiger partial charge in [0.05, 0.1) is 11.3 Å². The Bertz CT molecular complexity index is 611. The highest BCUT2D eigenvalue weighted by Gasteiger charge is 2.12. The molecule has 0 saturated heterocycles. The van der Waals surface area contributed by atoms with Crippen LogP contribution in [0.5, 0.6) is 0 Å². The van der Waals surface area contributed by atoms with E-state index in [4.69, 9.17) is 0 Å². The molecule has 0 atom stereocenters. The number of benzene rings is 2. The second kappa shape index (κ2) is 6.57. The first-order chi connectivity index (χ1) is 9.58. The van der Waals surface area contributed by atoms with E-state index in [-0.39, 0.29) is 11.9 Å². The molecule has 0 radical (unpaired) electrons. The number of para-hydroxylation sites is 2. The monoisotopic (exact) mass is 332 g/mol. The number of hydrogen-bond acceptors (Lipinski definition) is 2. The van der Waals surface area contributed by atoms with Crippen LogP contribution in [0.15, 0.2) is 53.0 Å². The molecule has 2 rings (SSSR count). The number of carbonyl (C=O) groups is 1. The third-order valence-corrected chi connectivity index (χ3v) is 3.43. The van der Waals surface area contributed by atoms with Crippen LogP contribution in [-0.2, 0) is 0 Å². The van der Waals surface area contributed by atoms with Crippen LogP contribution in [0.1, 0.15) is 24.2 Å². The van der Waals surface area contributed by atoms with Crippen LogP contribution >= 0.6 is 15.9 Å². The SMILES string of the molecule is CC(C)Nc1ccccc1C(=O)Nc1ccccc1Br. The predicted octanol–water partition coefficient (Wildman–Crippen LogP) is 4.52. The molecule has 0 bridgehead atoms. The molecule has 0 unspecified atom stereocenters. The van der Waals surface area contributed by atoms with Gasteiger partial charge in [-0.15, -0.1) is 0 Å². The summed E-state index contributed by atoms with van der Waals surface area (Å²) >= 11 is 3.43. The maximum absolute atomic E-state index is 12.4. The molecule has 20 heavy (non-hydrogen) atoms. The minimum atomic E-state index is -0.124. The second-order valence-corrected chi connectivity index (χ2v) is 5.63. The van der Waals surface area contributed by atoms with Gasteiger partial charge in [-0.25, -0.2) is 0 Å². The van der Waals surface area contributed by atoms with Crippen LogP contribution in [-0.4, -0.2) is 11.9 Å². The predicted molar refractivity (Wildman–Crippen MR) is 87.3 cm³/mol. The quantitative estimate of drug-likeness (QED) is 0.864. The van der Waals surface area contributed by atoms with Crippen LogP contribution < -0.4 is 10.6 Å². The van der Waals surface area contributed by atoms with Crippen molar-refractivity contribution in [3.05, 3.63) is 58.6 Å². The van der Waals surface area contributed by atoms with Crippen molar-refractivity contribution in [1.82, 2.24) is 0 Å². The second-order valence-electron chi connectivity index (χ2n) is 4.78. The Morgan fingerprint density at radius 1 is 1.00 bits per heavy atom. The van der Waals surface area contributed by atoms with Crippen LogP contribution in [0.3, 0.4) is 0 Å². The molecule has 0 saturated carbocycles. The summed E-state index contributed by atoms with van der Waals surface area (Å²) in [7, 11) is 0. The van der Waals surface area contributed by atoms with Crippen molar-refractivity contribution in [2.45, 2.75) is 19.9 Å². The summed E-state index contributed by atoms with van der Waals surface area (Å²) in [4.78, 5) is 12.4. The van der Waals surface area contributed by atoms with Gasteiger partial charge in [-0.3, -0.25) is 4.79 Å². The third kappa shape index (κ3) is 3.61. The Morgan fingerprint density at radius 3 is 2.25 bits per heavy atom. The van der Waals surface area contributed by atoms with Crippen molar-refractivity contribution in [3.63, 3.8) is 0 Å². The Labute approximate surface area is 127 Å². The number of hydrogen-bond donors (Lipinski definition) is 2. The van der Waals surface area contributed by atoms with E-state index in [1.165, 1.54) is 0 Å². The van der Waals surface area contributed by atoms with Crippen molar-refractivity contribution in [1.29, 1.82) is 0 Å². The summed E-state index contributed by atoms with van der Waals surface area (Å²) in [5.41, 5.74) is 2.24. The number of rotatable bonds is 4. The molecule has 0 aliphatic carbocycles. The normalized spacial score (nSPS) is 10.4. The molecule has 0 spiro atoms. The fourth-order valence-corrected chi connectivity index (χ4v) is 2.25. The summed E-state index contributed by atoms with van der Waals surface area (Å²) in [5.74, 6) is -0.124. The Hall–Kier alpha value is -1.81. The first-order valence-corrected chi connectivity index (χ1v) is 7.28. The van der Waals surface area contributed by atoms with Gasteiger partial charge in [0.1, 0.15) is 0 Å². The summed E-state index contributed by atoms with van der Waals surface area (Å²) in [6.07, 6.45) is 0. The Morgan fingerprint density at radius 2 is 1.60 bits per heavy atom. The van der Waals surface area contributed by atoms with Gasteiger partial charge in [0, 0.05) is 16.2 Å². The fourth-order valence-electron chi connectivity index (χ4n) is 1.87. The molecule has 3 nitrogen and oxygen atoms in total. The van der Waals surface area contributed by atoms with Crippen LogP contribution in [0.4, 0.5) is 11.4 Å². The summed E-state index contributed by atoms with van der Waals surface area (Å²) in [6.45, 7) is 4.09. The molecule has 2 aromatic rings. The molecule has 104 valence electrons. The van der Waals surface area contributed by atoms with Crippen molar-refractivity contribution in [3.8, 4) is 0 Å². The van der Waals surface area contributed by atoms with Crippen molar-refractivity contribution in [2.24, 2.45) is 0 Å². The average molecular weight is 333 g/mol. The minimum absolute atomic E-state index is 0.124. The average Bonchev–Trinajstić information content (AvgIpc) is 2.41. The number of nitrogens with one attached hydrogen (secondary N) is 2. The summed E-state index contributed by atoms with van der Waals surface area (Å²) < 4.78 is 0.864. The highest BCUT2D eigenvalue weighted by Crippen LogP contribution is 2.23. The van der Waals surface area contributed by atoms with Gasteiger partial charge in [0.25, 0.3) is 5.91 Å². The first kappa shape index (κ1) is 14.6. The van der Waals surface area contributed by atoms with Gasteiger partial charge >= 0.3 is 0 Å². The molecule has 2 aromatic carbocycles. The Balaban J connectivity index is 2.23. The zero-order chi connectivity index (χ0) is 14.5. The largest absolute Gasteiger partial charge is 0.382 e. The molecule has 4 heteroatoms. The number of carbonyl (C=O) groups excluding carboxylic acids is 1. The maximum Gasteiger partial charge on any atom is 0.257 e. The van der Waals surface area contributed by atoms with E-state index in [9.17, 15) is 4.79 Å². The zero-order valence-electron chi connectivity index (χ0n) is 11.5. The van der Waals surface area contributed by atoms with Gasteiger partial charge in [0.2, 0.25) is 0 Å². The summed E-state index contributed by atoms with van der Waals surface area (Å²) in [5, 5.41) is 6.20. The fraction of sp³-hybridized carbons (Fsp3) is 0.188. The van der Waals surface area contributed by atoms with Crippen LogP contribution in [0.25, 0.3) is 0 Å². The van der Waals surface area contributed by atoms with E-state index >= 15 is 0 Å². The van der Waals surface area contributed by atoms with E-state index in [2.05, 4.69) is 26.6 Å². The van der Waals surface area contributed by atoms with Gasteiger partial charge in [-0.2, -0.15) is 0 Å². The Kier molecular flexibility index (Phi) is 4.79. The molecule has 1 amide bonds. The maximum atomic E-state index is 12.4. The van der Waals surface area contributed by atoms with Gasteiger partial charge < -0.3 is 10.6 Å². The number of anilines is 2.